The zero-order valence-corrected chi connectivity index (χ0v) is 13.2. The van der Waals surface area contributed by atoms with Crippen molar-refractivity contribution in [2.45, 2.75) is 36.2 Å². The van der Waals surface area contributed by atoms with E-state index in [1.807, 2.05) is 6.92 Å². The molecule has 0 bridgehead atoms. The Morgan fingerprint density at radius 1 is 1.45 bits per heavy atom. The Bertz CT molecular complexity index is 728. The summed E-state index contributed by atoms with van der Waals surface area (Å²) in [5.74, 6) is 0. The lowest BCUT2D eigenvalue weighted by molar-refractivity contribution is 0.706. The molecule has 0 radical (unpaired) electrons. The minimum Gasteiger partial charge on any atom is -0.328 e. The second-order valence-corrected chi connectivity index (χ2v) is 6.95. The van der Waals surface area contributed by atoms with Crippen LogP contribution in [0.15, 0.2) is 45.8 Å². The van der Waals surface area contributed by atoms with Crippen molar-refractivity contribution in [3.05, 3.63) is 47.1 Å². The van der Waals surface area contributed by atoms with Crippen LogP contribution in [0, 0.1) is 6.92 Å². The van der Waals surface area contributed by atoms with E-state index in [2.05, 4.69) is 47.2 Å². The second kappa shape index (κ2) is 5.60. The average molecular weight is 303 g/mol. The smallest absolute Gasteiger partial charge is 0.194 e. The molecule has 0 aliphatic rings. The maximum absolute atomic E-state index is 5.98. The number of aromatic nitrogens is 2. The topological polar surface area (TPSA) is 43.3 Å². The molecule has 0 amide bonds. The van der Waals surface area contributed by atoms with E-state index in [4.69, 9.17) is 10.7 Å². The van der Waals surface area contributed by atoms with Crippen LogP contribution in [0.25, 0.3) is 4.96 Å². The fourth-order valence-corrected chi connectivity index (χ4v) is 4.01. The Hall–Kier alpha value is -1.30. The quantitative estimate of drug-likeness (QED) is 0.798. The van der Waals surface area contributed by atoms with Crippen LogP contribution in [0.3, 0.4) is 0 Å². The van der Waals surface area contributed by atoms with E-state index in [9.17, 15) is 0 Å². The summed E-state index contributed by atoms with van der Waals surface area (Å²) in [7, 11) is 0. The van der Waals surface area contributed by atoms with Gasteiger partial charge in [-0.05, 0) is 26.0 Å². The molecule has 1 unspecified atom stereocenters. The van der Waals surface area contributed by atoms with Gasteiger partial charge >= 0.3 is 0 Å². The van der Waals surface area contributed by atoms with Crippen LogP contribution in [0.5, 0.6) is 0 Å². The first kappa shape index (κ1) is 13.7. The molecule has 0 saturated heterocycles. The van der Waals surface area contributed by atoms with Crippen LogP contribution >= 0.6 is 23.1 Å². The van der Waals surface area contributed by atoms with Crippen LogP contribution < -0.4 is 5.73 Å². The third kappa shape index (κ3) is 2.75. The molecular weight excluding hydrogens is 286 g/mol. The van der Waals surface area contributed by atoms with Crippen LogP contribution in [-0.4, -0.2) is 15.4 Å². The molecule has 3 aromatic rings. The van der Waals surface area contributed by atoms with E-state index in [1.54, 1.807) is 23.1 Å². The van der Waals surface area contributed by atoms with E-state index in [1.165, 1.54) is 16.2 Å². The summed E-state index contributed by atoms with van der Waals surface area (Å²) >= 11 is 3.38. The van der Waals surface area contributed by atoms with Gasteiger partial charge in [0.15, 0.2) is 4.96 Å². The third-order valence-corrected chi connectivity index (χ3v) is 4.81. The molecule has 5 heteroatoms. The second-order valence-electron chi connectivity index (χ2n) is 5.02. The van der Waals surface area contributed by atoms with Crippen molar-refractivity contribution in [2.24, 2.45) is 5.73 Å². The zero-order valence-electron chi connectivity index (χ0n) is 11.5. The van der Waals surface area contributed by atoms with E-state index < -0.39 is 0 Å². The maximum atomic E-state index is 5.98. The summed E-state index contributed by atoms with van der Waals surface area (Å²) in [6.07, 6.45) is 2.91. The number of imidazole rings is 1. The number of nitrogens with zero attached hydrogens (tertiary/aromatic N) is 2. The third-order valence-electron chi connectivity index (χ3n) is 3.04. The molecule has 3 nitrogen and oxygen atoms in total. The van der Waals surface area contributed by atoms with Gasteiger partial charge in [0.1, 0.15) is 5.03 Å². The molecule has 20 heavy (non-hydrogen) atoms. The molecule has 104 valence electrons. The minimum atomic E-state index is 0.131. The number of rotatable bonds is 4. The van der Waals surface area contributed by atoms with Crippen molar-refractivity contribution >= 4 is 28.1 Å². The van der Waals surface area contributed by atoms with E-state index in [0.717, 1.165) is 16.4 Å². The zero-order chi connectivity index (χ0) is 14.1. The molecule has 2 aromatic heterocycles. The molecule has 0 saturated carbocycles. The van der Waals surface area contributed by atoms with Crippen LogP contribution in [0.4, 0.5) is 0 Å². The summed E-state index contributed by atoms with van der Waals surface area (Å²) in [4.78, 5) is 7.00. The molecule has 0 aliphatic heterocycles. The van der Waals surface area contributed by atoms with Crippen LogP contribution in [0.2, 0.25) is 0 Å². The van der Waals surface area contributed by atoms with Gasteiger partial charge in [-0.1, -0.05) is 29.5 Å². The van der Waals surface area contributed by atoms with Crippen LogP contribution in [-0.2, 0) is 6.42 Å². The Kier molecular flexibility index (Phi) is 3.83. The number of benzene rings is 1. The van der Waals surface area contributed by atoms with Crippen molar-refractivity contribution in [3.63, 3.8) is 0 Å². The van der Waals surface area contributed by atoms with Crippen molar-refractivity contribution in [3.8, 4) is 0 Å². The lowest BCUT2D eigenvalue weighted by Crippen LogP contribution is -2.19. The highest BCUT2D eigenvalue weighted by molar-refractivity contribution is 7.99. The van der Waals surface area contributed by atoms with Crippen molar-refractivity contribution < 1.29 is 0 Å². The number of hydrogen-bond acceptors (Lipinski definition) is 4. The van der Waals surface area contributed by atoms with Crippen molar-refractivity contribution in [1.29, 1.82) is 0 Å². The van der Waals surface area contributed by atoms with E-state index in [-0.39, 0.29) is 6.04 Å². The molecule has 0 aliphatic carbocycles. The minimum absolute atomic E-state index is 0.131. The molecule has 0 spiro atoms. The Labute approximate surface area is 126 Å². The predicted octanol–water partition coefficient (Wildman–Crippen LogP) is 3.75. The average Bonchev–Trinajstić information content (AvgIpc) is 2.93. The SMILES string of the molecule is Cc1cccc(Sc2nc3sccn3c2CC(C)N)c1. The highest BCUT2D eigenvalue weighted by Gasteiger charge is 2.15. The fraction of sp³-hybridized carbons (Fsp3) is 0.267. The number of nitrogens with two attached hydrogens (primary N) is 1. The van der Waals surface area contributed by atoms with Crippen LogP contribution in [0.1, 0.15) is 18.2 Å². The Morgan fingerprint density at radius 2 is 2.30 bits per heavy atom. The number of aryl methyl sites for hydroxylation is 1. The predicted molar refractivity (Wildman–Crippen MR) is 85.7 cm³/mol. The Balaban J connectivity index is 1.99. The van der Waals surface area contributed by atoms with E-state index >= 15 is 0 Å². The molecule has 0 fully saturated rings. The monoisotopic (exact) mass is 303 g/mol. The van der Waals surface area contributed by atoms with Gasteiger partial charge < -0.3 is 5.73 Å². The molecule has 1 aromatic carbocycles. The first-order valence-corrected chi connectivity index (χ1v) is 8.27. The number of thiazole rings is 1. The van der Waals surface area contributed by atoms with Gasteiger partial charge in [-0.3, -0.25) is 4.40 Å². The number of hydrogen-bond donors (Lipinski definition) is 1. The fourth-order valence-electron chi connectivity index (χ4n) is 2.18. The molecule has 2 heterocycles. The van der Waals surface area contributed by atoms with Gasteiger partial charge in [0.2, 0.25) is 0 Å². The maximum Gasteiger partial charge on any atom is 0.194 e. The van der Waals surface area contributed by atoms with Gasteiger partial charge in [0.25, 0.3) is 0 Å². The number of fused-ring (bicyclic) bond motifs is 1. The summed E-state index contributed by atoms with van der Waals surface area (Å²) in [5, 5.41) is 3.13. The highest BCUT2D eigenvalue weighted by Crippen LogP contribution is 2.32. The summed E-state index contributed by atoms with van der Waals surface area (Å²) in [6, 6.07) is 8.64. The highest BCUT2D eigenvalue weighted by atomic mass is 32.2. The standard InChI is InChI=1S/C15H17N3S2/c1-10-4-3-5-12(8-10)20-14-13(9-11(2)16)18-6-7-19-15(18)17-14/h3-8,11H,9,16H2,1-2H3. The lowest BCUT2D eigenvalue weighted by atomic mass is 10.2. The van der Waals surface area contributed by atoms with Gasteiger partial charge in [0, 0.05) is 28.9 Å². The van der Waals surface area contributed by atoms with E-state index in [0.29, 0.717) is 0 Å². The summed E-state index contributed by atoms with van der Waals surface area (Å²) in [5.41, 5.74) is 8.46. The first-order chi connectivity index (χ1) is 9.63. The van der Waals surface area contributed by atoms with Gasteiger partial charge in [-0.25, -0.2) is 4.98 Å². The largest absolute Gasteiger partial charge is 0.328 e. The van der Waals surface area contributed by atoms with Crippen molar-refractivity contribution in [2.75, 3.05) is 0 Å². The van der Waals surface area contributed by atoms with Gasteiger partial charge in [0.05, 0.1) is 5.69 Å². The van der Waals surface area contributed by atoms with Crippen molar-refractivity contribution in [1.82, 2.24) is 9.38 Å². The molecule has 3 rings (SSSR count). The molecule has 2 N–H and O–H groups in total. The lowest BCUT2D eigenvalue weighted by Gasteiger charge is -2.07. The first-order valence-electron chi connectivity index (χ1n) is 6.58. The normalized spacial score (nSPS) is 12.9. The van der Waals surface area contributed by atoms with Gasteiger partial charge in [-0.2, -0.15) is 0 Å². The molecule has 1 atom stereocenters. The molecular formula is C15H17N3S2. The summed E-state index contributed by atoms with van der Waals surface area (Å²) in [6.45, 7) is 4.14. The summed E-state index contributed by atoms with van der Waals surface area (Å²) < 4.78 is 2.16. The Morgan fingerprint density at radius 3 is 3.05 bits per heavy atom. The van der Waals surface area contributed by atoms with Gasteiger partial charge in [-0.15, -0.1) is 11.3 Å².